The minimum Gasteiger partial charge on any atom is -0.378 e. The molecule has 2 aromatic rings. The van der Waals surface area contributed by atoms with Gasteiger partial charge in [0.1, 0.15) is 0 Å². The molecule has 2 rings (SSSR count). The third kappa shape index (κ3) is 2.66. The van der Waals surface area contributed by atoms with Gasteiger partial charge in [-0.2, -0.15) is 13.2 Å². The number of pyridine rings is 2. The van der Waals surface area contributed by atoms with Crippen molar-refractivity contribution in [3.8, 4) is 11.1 Å². The van der Waals surface area contributed by atoms with E-state index in [9.17, 15) is 23.3 Å². The normalized spacial score (nSPS) is 11.3. The van der Waals surface area contributed by atoms with Gasteiger partial charge in [-0.25, -0.2) is 4.98 Å². The molecule has 6 nitrogen and oxygen atoms in total. The molecule has 0 fully saturated rings. The Balaban J connectivity index is 2.52. The maximum atomic E-state index is 12.6. The molecule has 2 aromatic heterocycles. The third-order valence-electron chi connectivity index (χ3n) is 2.49. The molecule has 0 amide bonds. The van der Waals surface area contributed by atoms with Crippen molar-refractivity contribution < 1.29 is 18.1 Å². The number of hydrogen-bond acceptors (Lipinski definition) is 5. The Kier molecular flexibility index (Phi) is 3.26. The van der Waals surface area contributed by atoms with Gasteiger partial charge in [0.15, 0.2) is 0 Å². The van der Waals surface area contributed by atoms with Crippen molar-refractivity contribution in [1.29, 1.82) is 0 Å². The largest absolute Gasteiger partial charge is 0.417 e. The monoisotopic (exact) mass is 284 g/mol. The fourth-order valence-corrected chi connectivity index (χ4v) is 1.52. The minimum atomic E-state index is -4.55. The number of nitrogen functional groups attached to an aromatic ring is 1. The lowest BCUT2D eigenvalue weighted by Crippen LogP contribution is -2.05. The first kappa shape index (κ1) is 13.7. The van der Waals surface area contributed by atoms with Gasteiger partial charge < -0.3 is 5.73 Å². The summed E-state index contributed by atoms with van der Waals surface area (Å²) in [5, 5.41) is 10.7. The highest BCUT2D eigenvalue weighted by Crippen LogP contribution is 2.32. The predicted molar refractivity (Wildman–Crippen MR) is 63.5 cm³/mol. The van der Waals surface area contributed by atoms with Crippen molar-refractivity contribution in [1.82, 2.24) is 9.97 Å². The molecule has 2 N–H and O–H groups in total. The average molecular weight is 284 g/mol. The smallest absolute Gasteiger partial charge is 0.378 e. The maximum Gasteiger partial charge on any atom is 0.417 e. The van der Waals surface area contributed by atoms with Crippen molar-refractivity contribution in [3.05, 3.63) is 46.4 Å². The van der Waals surface area contributed by atoms with Gasteiger partial charge >= 0.3 is 11.9 Å². The van der Waals surface area contributed by atoms with Gasteiger partial charge in [0.05, 0.1) is 10.5 Å². The molecule has 9 heteroatoms. The molecule has 0 aliphatic heterocycles. The molecular formula is C11H7F3N4O2. The van der Waals surface area contributed by atoms with Crippen LogP contribution in [-0.4, -0.2) is 14.9 Å². The summed E-state index contributed by atoms with van der Waals surface area (Å²) in [6.45, 7) is 0. The molecular weight excluding hydrogens is 277 g/mol. The van der Waals surface area contributed by atoms with Crippen LogP contribution in [0.15, 0.2) is 30.7 Å². The van der Waals surface area contributed by atoms with Gasteiger partial charge in [0.25, 0.3) is 0 Å². The quantitative estimate of drug-likeness (QED) is 0.675. The number of aromatic nitrogens is 2. The van der Waals surface area contributed by atoms with Crippen molar-refractivity contribution in [2.45, 2.75) is 6.18 Å². The van der Waals surface area contributed by atoms with E-state index in [0.29, 0.717) is 6.20 Å². The van der Waals surface area contributed by atoms with Crippen LogP contribution in [0.3, 0.4) is 0 Å². The molecule has 0 radical (unpaired) electrons. The zero-order chi connectivity index (χ0) is 14.9. The summed E-state index contributed by atoms with van der Waals surface area (Å²) in [6, 6.07) is 1.89. The summed E-state index contributed by atoms with van der Waals surface area (Å²) < 4.78 is 37.7. The molecule has 104 valence electrons. The van der Waals surface area contributed by atoms with E-state index in [0.717, 1.165) is 24.5 Å². The zero-order valence-corrected chi connectivity index (χ0v) is 9.76. The Morgan fingerprint density at radius 3 is 2.40 bits per heavy atom. The first-order valence-corrected chi connectivity index (χ1v) is 5.21. The Morgan fingerprint density at radius 1 is 1.15 bits per heavy atom. The van der Waals surface area contributed by atoms with Crippen molar-refractivity contribution >= 4 is 11.5 Å². The van der Waals surface area contributed by atoms with Gasteiger partial charge in [-0.05, 0) is 6.07 Å². The van der Waals surface area contributed by atoms with Crippen LogP contribution in [-0.2, 0) is 6.18 Å². The molecule has 0 aromatic carbocycles. The number of rotatable bonds is 2. The highest BCUT2D eigenvalue weighted by atomic mass is 19.4. The van der Waals surface area contributed by atoms with Crippen molar-refractivity contribution in [2.24, 2.45) is 0 Å². The number of nitrogens with zero attached hydrogens (tertiary/aromatic N) is 3. The van der Waals surface area contributed by atoms with Crippen LogP contribution in [0.2, 0.25) is 0 Å². The predicted octanol–water partition coefficient (Wildman–Crippen LogP) is 2.65. The zero-order valence-electron chi connectivity index (χ0n) is 9.76. The van der Waals surface area contributed by atoms with Crippen LogP contribution < -0.4 is 5.73 Å². The highest BCUT2D eigenvalue weighted by molar-refractivity contribution is 5.68. The average Bonchev–Trinajstić information content (AvgIpc) is 2.38. The number of alkyl halides is 3. The van der Waals surface area contributed by atoms with Crippen molar-refractivity contribution in [2.75, 3.05) is 5.73 Å². The first-order valence-electron chi connectivity index (χ1n) is 5.21. The van der Waals surface area contributed by atoms with E-state index < -0.39 is 22.4 Å². The van der Waals surface area contributed by atoms with E-state index >= 15 is 0 Å². The number of anilines is 1. The molecule has 20 heavy (non-hydrogen) atoms. The second-order valence-corrected chi connectivity index (χ2v) is 3.85. The summed E-state index contributed by atoms with van der Waals surface area (Å²) in [6.07, 6.45) is -1.56. The minimum absolute atomic E-state index is 0.0652. The lowest BCUT2D eigenvalue weighted by molar-refractivity contribution is -0.384. The van der Waals surface area contributed by atoms with Crippen LogP contribution >= 0.6 is 0 Å². The lowest BCUT2D eigenvalue weighted by Gasteiger charge is -2.08. The summed E-state index contributed by atoms with van der Waals surface area (Å²) >= 11 is 0. The second-order valence-electron chi connectivity index (χ2n) is 3.85. The SMILES string of the molecule is Nc1ncc(-c2cncc(C(F)(F)F)c2)cc1[N+](=O)[O-]. The van der Waals surface area contributed by atoms with Gasteiger partial charge in [-0.15, -0.1) is 0 Å². The van der Waals surface area contributed by atoms with Crippen LogP contribution in [0.1, 0.15) is 5.56 Å². The molecule has 0 saturated carbocycles. The standard InChI is InChI=1S/C11H7F3N4O2/c12-11(13,14)8-1-6(3-16-5-8)7-2-9(18(19)20)10(15)17-4-7/h1-5H,(H2,15,17). The highest BCUT2D eigenvalue weighted by Gasteiger charge is 2.31. The van der Waals surface area contributed by atoms with E-state index in [-0.39, 0.29) is 16.9 Å². The lowest BCUT2D eigenvalue weighted by atomic mass is 10.1. The summed E-state index contributed by atoms with van der Waals surface area (Å²) in [5.74, 6) is -0.307. The van der Waals surface area contributed by atoms with Crippen LogP contribution in [0.5, 0.6) is 0 Å². The molecule has 0 bridgehead atoms. The topological polar surface area (TPSA) is 94.9 Å². The number of nitrogens with two attached hydrogens (primary N) is 1. The van der Waals surface area contributed by atoms with E-state index in [1.165, 1.54) is 0 Å². The van der Waals surface area contributed by atoms with E-state index in [1.54, 1.807) is 0 Å². The Morgan fingerprint density at radius 2 is 1.80 bits per heavy atom. The first-order chi connectivity index (χ1) is 9.29. The van der Waals surface area contributed by atoms with Gasteiger partial charge in [0, 0.05) is 35.8 Å². The maximum absolute atomic E-state index is 12.6. The molecule has 0 aliphatic rings. The van der Waals surface area contributed by atoms with E-state index in [2.05, 4.69) is 9.97 Å². The molecule has 0 unspecified atom stereocenters. The number of nitro groups is 1. The Hall–Kier alpha value is -2.71. The molecule has 0 aliphatic carbocycles. The van der Waals surface area contributed by atoms with E-state index in [4.69, 9.17) is 5.73 Å². The Bertz CT molecular complexity index is 673. The van der Waals surface area contributed by atoms with Crippen LogP contribution in [0.4, 0.5) is 24.7 Å². The van der Waals surface area contributed by atoms with Gasteiger partial charge in [0.2, 0.25) is 5.82 Å². The van der Waals surface area contributed by atoms with E-state index in [1.807, 2.05) is 0 Å². The third-order valence-corrected chi connectivity index (χ3v) is 2.49. The molecule has 0 saturated heterocycles. The van der Waals surface area contributed by atoms with Gasteiger partial charge in [-0.3, -0.25) is 15.1 Å². The Labute approximate surface area is 110 Å². The molecule has 0 atom stereocenters. The fourth-order valence-electron chi connectivity index (χ4n) is 1.52. The number of hydrogen-bond donors (Lipinski definition) is 1. The number of halogens is 3. The summed E-state index contributed by atoms with van der Waals surface area (Å²) in [5.41, 5.74) is 4.09. The fraction of sp³-hybridized carbons (Fsp3) is 0.0909. The van der Waals surface area contributed by atoms with Crippen molar-refractivity contribution in [3.63, 3.8) is 0 Å². The molecule has 0 spiro atoms. The van der Waals surface area contributed by atoms with Gasteiger partial charge in [-0.1, -0.05) is 0 Å². The van der Waals surface area contributed by atoms with Crippen LogP contribution in [0.25, 0.3) is 11.1 Å². The second kappa shape index (κ2) is 4.76. The van der Waals surface area contributed by atoms with Crippen LogP contribution in [0, 0.1) is 10.1 Å². The summed E-state index contributed by atoms with van der Waals surface area (Å²) in [7, 11) is 0. The molecule has 2 heterocycles. The summed E-state index contributed by atoms with van der Waals surface area (Å²) in [4.78, 5) is 17.0.